The second-order valence-electron chi connectivity index (χ2n) is 9.06. The van der Waals surface area contributed by atoms with Gasteiger partial charge in [0.15, 0.2) is 5.96 Å². The van der Waals surface area contributed by atoms with E-state index >= 15 is 0 Å². The molecule has 0 aromatic heterocycles. The Hall–Kier alpha value is -4.96. The maximum absolute atomic E-state index is 12.9. The molecule has 40 heavy (non-hydrogen) atoms. The summed E-state index contributed by atoms with van der Waals surface area (Å²) in [7, 11) is 1.50. The number of aliphatic imine (C=N–C) groups is 1. The number of hydrogen-bond donors (Lipinski definition) is 6. The monoisotopic (exact) mass is 540 g/mol. The Bertz CT molecular complexity index is 1390. The van der Waals surface area contributed by atoms with Crippen molar-refractivity contribution in [2.24, 2.45) is 22.2 Å². The minimum absolute atomic E-state index is 0.0258. The molecular formula is C30H36N8O2. The molecule has 0 radical (unpaired) electrons. The highest BCUT2D eigenvalue weighted by Gasteiger charge is 2.14. The number of carbonyl (C=O) groups excluding carboxylic acids is 2. The molecule has 0 bridgehead atoms. The fourth-order valence-electron chi connectivity index (χ4n) is 4.17. The van der Waals surface area contributed by atoms with Crippen LogP contribution < -0.4 is 27.8 Å². The van der Waals surface area contributed by atoms with Crippen LogP contribution in [0.1, 0.15) is 43.8 Å². The third-order valence-electron chi connectivity index (χ3n) is 6.33. The maximum Gasteiger partial charge on any atom is 0.255 e. The molecule has 0 spiro atoms. The Morgan fingerprint density at radius 1 is 0.950 bits per heavy atom. The average molecular weight is 541 g/mol. The van der Waals surface area contributed by atoms with Gasteiger partial charge in [-0.3, -0.25) is 15.0 Å². The summed E-state index contributed by atoms with van der Waals surface area (Å²) >= 11 is 0. The van der Waals surface area contributed by atoms with E-state index in [9.17, 15) is 9.59 Å². The van der Waals surface area contributed by atoms with E-state index < -0.39 is 0 Å². The number of guanidine groups is 1. The van der Waals surface area contributed by atoms with E-state index in [4.69, 9.17) is 16.9 Å². The zero-order chi connectivity index (χ0) is 29.1. The SMILES string of the molecule is CN.Cc1cc(C(=O)Nc2ccc(CN=C(N)N)cc2)ccc1C(=O)Nc1ccc(C2=CCN(C=N)CC2)cc1. The highest BCUT2D eigenvalue weighted by atomic mass is 16.2. The Morgan fingerprint density at radius 3 is 2.12 bits per heavy atom. The molecule has 0 unspecified atom stereocenters. The van der Waals surface area contributed by atoms with Crippen molar-refractivity contribution in [3.05, 3.63) is 101 Å². The van der Waals surface area contributed by atoms with Crippen LogP contribution in [0.3, 0.4) is 0 Å². The van der Waals surface area contributed by atoms with Gasteiger partial charge in [-0.25, -0.2) is 4.99 Å². The van der Waals surface area contributed by atoms with Crippen LogP contribution in [0.2, 0.25) is 0 Å². The summed E-state index contributed by atoms with van der Waals surface area (Å²) in [6, 6.07) is 20.0. The highest BCUT2D eigenvalue weighted by Crippen LogP contribution is 2.24. The van der Waals surface area contributed by atoms with Crippen LogP contribution in [0.15, 0.2) is 77.8 Å². The second-order valence-corrected chi connectivity index (χ2v) is 9.06. The molecule has 3 aromatic carbocycles. The molecule has 208 valence electrons. The van der Waals surface area contributed by atoms with Crippen LogP contribution in [-0.4, -0.2) is 49.1 Å². The molecule has 0 saturated heterocycles. The number of anilines is 2. The Balaban J connectivity index is 0.00000216. The third kappa shape index (κ3) is 8.02. The molecule has 0 saturated carbocycles. The number of rotatable bonds is 8. The molecule has 0 atom stereocenters. The van der Waals surface area contributed by atoms with Gasteiger partial charge in [-0.05, 0) is 85.1 Å². The van der Waals surface area contributed by atoms with Crippen molar-refractivity contribution in [2.75, 3.05) is 30.8 Å². The lowest BCUT2D eigenvalue weighted by Crippen LogP contribution is -2.26. The van der Waals surface area contributed by atoms with E-state index in [0.29, 0.717) is 34.6 Å². The number of carbonyl (C=O) groups is 2. The molecule has 10 nitrogen and oxygen atoms in total. The molecule has 10 heteroatoms. The number of benzene rings is 3. The predicted octanol–water partition coefficient (Wildman–Crippen LogP) is 3.54. The van der Waals surface area contributed by atoms with Crippen molar-refractivity contribution >= 4 is 41.1 Å². The summed E-state index contributed by atoms with van der Waals surface area (Å²) < 4.78 is 0. The summed E-state index contributed by atoms with van der Waals surface area (Å²) in [4.78, 5) is 31.6. The van der Waals surface area contributed by atoms with Gasteiger partial charge < -0.3 is 32.7 Å². The minimum Gasteiger partial charge on any atom is -0.370 e. The first-order valence-corrected chi connectivity index (χ1v) is 12.8. The van der Waals surface area contributed by atoms with Gasteiger partial charge in [-0.15, -0.1) is 0 Å². The number of amides is 2. The molecule has 0 aliphatic carbocycles. The summed E-state index contributed by atoms with van der Waals surface area (Å²) in [6.07, 6.45) is 4.38. The Morgan fingerprint density at radius 2 is 1.57 bits per heavy atom. The molecule has 1 heterocycles. The molecule has 1 aliphatic heterocycles. The summed E-state index contributed by atoms with van der Waals surface area (Å²) in [6.45, 7) is 3.73. The normalized spacial score (nSPS) is 12.3. The number of nitrogens with zero attached hydrogens (tertiary/aromatic N) is 2. The van der Waals surface area contributed by atoms with Crippen molar-refractivity contribution in [3.63, 3.8) is 0 Å². The van der Waals surface area contributed by atoms with Crippen LogP contribution in [-0.2, 0) is 6.54 Å². The van der Waals surface area contributed by atoms with E-state index in [2.05, 4.69) is 27.4 Å². The van der Waals surface area contributed by atoms with E-state index in [-0.39, 0.29) is 17.8 Å². The lowest BCUT2D eigenvalue weighted by Gasteiger charge is -2.23. The van der Waals surface area contributed by atoms with Gasteiger partial charge in [0.2, 0.25) is 0 Å². The third-order valence-corrected chi connectivity index (χ3v) is 6.33. The van der Waals surface area contributed by atoms with Crippen molar-refractivity contribution in [1.29, 1.82) is 5.41 Å². The van der Waals surface area contributed by atoms with Crippen LogP contribution >= 0.6 is 0 Å². The van der Waals surface area contributed by atoms with E-state index in [1.807, 2.05) is 41.3 Å². The van der Waals surface area contributed by atoms with Gasteiger partial charge in [0.1, 0.15) is 0 Å². The quantitative estimate of drug-likeness (QED) is 0.188. The average Bonchev–Trinajstić information content (AvgIpc) is 2.98. The standard InChI is InChI=1S/C29H31N7O2.CH5N/c1-19-16-23(27(37)34-24-7-2-20(3-8-24)17-33-29(31)32)6-11-26(19)28(38)35-25-9-4-21(5-10-25)22-12-14-36(18-30)15-13-22;1-2/h2-12,16,18,30H,13-15,17H2,1H3,(H,34,37)(H,35,38)(H4,31,32,33);2H2,1H3. The largest absolute Gasteiger partial charge is 0.370 e. The fourth-order valence-corrected chi connectivity index (χ4v) is 4.17. The van der Waals surface area contributed by atoms with Gasteiger partial charge in [0.05, 0.1) is 12.9 Å². The summed E-state index contributed by atoms with van der Waals surface area (Å²) in [5.41, 5.74) is 21.5. The van der Waals surface area contributed by atoms with E-state index in [1.165, 1.54) is 19.0 Å². The fraction of sp³-hybridized carbons (Fsp3) is 0.200. The summed E-state index contributed by atoms with van der Waals surface area (Å²) in [5.74, 6) is -0.483. The zero-order valence-electron chi connectivity index (χ0n) is 22.8. The number of nitrogens with one attached hydrogen (secondary N) is 3. The number of nitrogens with two attached hydrogens (primary N) is 3. The van der Waals surface area contributed by atoms with Crippen LogP contribution in [0.4, 0.5) is 11.4 Å². The van der Waals surface area contributed by atoms with Gasteiger partial charge >= 0.3 is 0 Å². The minimum atomic E-state index is -0.270. The van der Waals surface area contributed by atoms with Crippen molar-refractivity contribution < 1.29 is 9.59 Å². The van der Waals surface area contributed by atoms with Crippen LogP contribution in [0.5, 0.6) is 0 Å². The second kappa shape index (κ2) is 14.3. The van der Waals surface area contributed by atoms with Gasteiger partial charge in [0, 0.05) is 35.6 Å². The van der Waals surface area contributed by atoms with E-state index in [1.54, 1.807) is 37.3 Å². The molecule has 9 N–H and O–H groups in total. The molecule has 3 aromatic rings. The van der Waals surface area contributed by atoms with Crippen molar-refractivity contribution in [2.45, 2.75) is 19.9 Å². The predicted molar refractivity (Wildman–Crippen MR) is 163 cm³/mol. The highest BCUT2D eigenvalue weighted by molar-refractivity contribution is 6.08. The Kier molecular flexibility index (Phi) is 10.6. The maximum atomic E-state index is 12.9. The molecule has 1 aliphatic rings. The van der Waals surface area contributed by atoms with Gasteiger partial charge in [-0.2, -0.15) is 0 Å². The lowest BCUT2D eigenvalue weighted by atomic mass is 9.99. The lowest BCUT2D eigenvalue weighted by molar-refractivity contribution is 0.101. The molecule has 2 amide bonds. The summed E-state index contributed by atoms with van der Waals surface area (Å²) in [5, 5.41) is 13.2. The number of hydrogen-bond acceptors (Lipinski definition) is 5. The number of aryl methyl sites for hydroxylation is 1. The molecule has 0 fully saturated rings. The topological polar surface area (TPSA) is 176 Å². The van der Waals surface area contributed by atoms with Crippen molar-refractivity contribution in [1.82, 2.24) is 4.90 Å². The molecule has 4 rings (SSSR count). The Labute approximate surface area is 234 Å². The van der Waals surface area contributed by atoms with E-state index in [0.717, 1.165) is 30.6 Å². The van der Waals surface area contributed by atoms with Gasteiger partial charge in [0.25, 0.3) is 11.8 Å². The first-order valence-electron chi connectivity index (χ1n) is 12.8. The zero-order valence-corrected chi connectivity index (χ0v) is 22.8. The van der Waals surface area contributed by atoms with Crippen LogP contribution in [0, 0.1) is 12.3 Å². The first kappa shape index (κ1) is 29.6. The van der Waals surface area contributed by atoms with Gasteiger partial charge in [-0.1, -0.05) is 30.3 Å². The van der Waals surface area contributed by atoms with Crippen LogP contribution in [0.25, 0.3) is 5.57 Å². The van der Waals surface area contributed by atoms with Crippen molar-refractivity contribution in [3.8, 4) is 0 Å². The first-order chi connectivity index (χ1) is 19.3. The smallest absolute Gasteiger partial charge is 0.255 e. The molecular weight excluding hydrogens is 504 g/mol.